The molecular weight excluding hydrogens is 170 g/mol. The molecule has 13 heavy (non-hydrogen) atoms. The number of rotatable bonds is 3. The Labute approximate surface area is 76.5 Å². The van der Waals surface area contributed by atoms with Crippen molar-refractivity contribution < 1.29 is 9.21 Å². The maximum Gasteiger partial charge on any atom is 0.322 e. The van der Waals surface area contributed by atoms with Gasteiger partial charge < -0.3 is 9.73 Å². The van der Waals surface area contributed by atoms with E-state index in [-0.39, 0.29) is 12.0 Å². The molecule has 1 aromatic rings. The van der Waals surface area contributed by atoms with Crippen molar-refractivity contribution in [1.82, 2.24) is 10.3 Å². The van der Waals surface area contributed by atoms with Crippen molar-refractivity contribution in [2.24, 2.45) is 5.92 Å². The summed E-state index contributed by atoms with van der Waals surface area (Å²) in [5.41, 5.74) is 0. The molecule has 0 bridgehead atoms. The van der Waals surface area contributed by atoms with Gasteiger partial charge >= 0.3 is 12.0 Å². The molecule has 2 N–H and O–H groups in total. The predicted molar refractivity (Wildman–Crippen MR) is 48.4 cm³/mol. The molecule has 72 valence electrons. The summed E-state index contributed by atoms with van der Waals surface area (Å²) in [7, 11) is 0. The zero-order chi connectivity index (χ0) is 9.68. The van der Waals surface area contributed by atoms with Crippen LogP contribution in [0.15, 0.2) is 16.9 Å². The number of hydrogen-bond acceptors (Lipinski definition) is 3. The van der Waals surface area contributed by atoms with Crippen molar-refractivity contribution in [3.63, 3.8) is 0 Å². The van der Waals surface area contributed by atoms with Crippen LogP contribution in [0, 0.1) is 5.92 Å². The fourth-order valence-electron chi connectivity index (χ4n) is 0.723. The van der Waals surface area contributed by atoms with Gasteiger partial charge in [0, 0.05) is 6.54 Å². The molecule has 0 aliphatic rings. The van der Waals surface area contributed by atoms with Crippen LogP contribution in [0.5, 0.6) is 0 Å². The van der Waals surface area contributed by atoms with Gasteiger partial charge in [-0.05, 0) is 5.92 Å². The number of urea groups is 1. The van der Waals surface area contributed by atoms with Crippen molar-refractivity contribution in [3.05, 3.63) is 12.5 Å². The summed E-state index contributed by atoms with van der Waals surface area (Å²) in [5, 5.41) is 5.12. The van der Waals surface area contributed by atoms with Crippen molar-refractivity contribution >= 4 is 12.0 Å². The number of nitrogens with one attached hydrogen (secondary N) is 2. The van der Waals surface area contributed by atoms with Gasteiger partial charge in [0.25, 0.3) is 0 Å². The summed E-state index contributed by atoms with van der Waals surface area (Å²) in [6, 6.07) is -0.0857. The van der Waals surface area contributed by atoms with Crippen LogP contribution < -0.4 is 10.6 Å². The van der Waals surface area contributed by atoms with Crippen LogP contribution in [-0.4, -0.2) is 17.6 Å². The number of oxazole rings is 1. The van der Waals surface area contributed by atoms with Gasteiger partial charge in [-0.2, -0.15) is 0 Å². The van der Waals surface area contributed by atoms with E-state index in [1.807, 2.05) is 13.8 Å². The van der Waals surface area contributed by atoms with Gasteiger partial charge in [-0.15, -0.1) is 0 Å². The van der Waals surface area contributed by atoms with E-state index in [4.69, 9.17) is 4.42 Å². The fourth-order valence-corrected chi connectivity index (χ4v) is 0.723. The number of anilines is 1. The van der Waals surface area contributed by atoms with Crippen LogP contribution in [0.3, 0.4) is 0 Å². The van der Waals surface area contributed by atoms with Gasteiger partial charge in [-0.3, -0.25) is 5.32 Å². The number of nitrogens with zero attached hydrogens (tertiary/aromatic N) is 1. The Hall–Kier alpha value is -1.52. The molecule has 1 aromatic heterocycles. The highest BCUT2D eigenvalue weighted by Crippen LogP contribution is 1.99. The zero-order valence-corrected chi connectivity index (χ0v) is 7.70. The Kier molecular flexibility index (Phi) is 3.31. The van der Waals surface area contributed by atoms with E-state index in [9.17, 15) is 4.79 Å². The molecule has 0 aliphatic carbocycles. The van der Waals surface area contributed by atoms with Gasteiger partial charge in [-0.1, -0.05) is 13.8 Å². The van der Waals surface area contributed by atoms with Crippen molar-refractivity contribution in [2.45, 2.75) is 13.8 Å². The molecule has 0 unspecified atom stereocenters. The van der Waals surface area contributed by atoms with Crippen LogP contribution in [0.1, 0.15) is 13.8 Å². The second-order valence-electron chi connectivity index (χ2n) is 3.07. The summed E-state index contributed by atoms with van der Waals surface area (Å²) < 4.78 is 4.83. The lowest BCUT2D eigenvalue weighted by Crippen LogP contribution is -2.31. The Morgan fingerprint density at radius 3 is 3.00 bits per heavy atom. The van der Waals surface area contributed by atoms with E-state index in [0.717, 1.165) is 0 Å². The summed E-state index contributed by atoms with van der Waals surface area (Å²) >= 11 is 0. The third kappa shape index (κ3) is 3.59. The lowest BCUT2D eigenvalue weighted by molar-refractivity contribution is 0.250. The normalized spacial score (nSPS) is 10.1. The maximum atomic E-state index is 11.1. The molecule has 1 heterocycles. The lowest BCUT2D eigenvalue weighted by atomic mass is 10.2. The number of amides is 2. The third-order valence-corrected chi connectivity index (χ3v) is 1.32. The van der Waals surface area contributed by atoms with Gasteiger partial charge in [-0.25, -0.2) is 9.78 Å². The first-order valence-electron chi connectivity index (χ1n) is 4.13. The Morgan fingerprint density at radius 2 is 2.46 bits per heavy atom. The molecule has 0 radical (unpaired) electrons. The third-order valence-electron chi connectivity index (χ3n) is 1.32. The fraction of sp³-hybridized carbons (Fsp3) is 0.500. The minimum absolute atomic E-state index is 0.209. The second kappa shape index (κ2) is 4.49. The molecule has 5 heteroatoms. The molecule has 0 fully saturated rings. The first-order valence-corrected chi connectivity index (χ1v) is 4.13. The predicted octanol–water partition coefficient (Wildman–Crippen LogP) is 1.45. The molecule has 5 nitrogen and oxygen atoms in total. The molecule has 0 saturated carbocycles. The SMILES string of the molecule is CC(C)CNC(=O)Nc1ncco1. The van der Waals surface area contributed by atoms with E-state index in [1.54, 1.807) is 0 Å². The number of aromatic nitrogens is 1. The van der Waals surface area contributed by atoms with Crippen LogP contribution in [0.2, 0.25) is 0 Å². The highest BCUT2D eigenvalue weighted by molar-refractivity contribution is 5.86. The second-order valence-corrected chi connectivity index (χ2v) is 3.07. The average molecular weight is 183 g/mol. The van der Waals surface area contributed by atoms with Gasteiger partial charge in [0.15, 0.2) is 0 Å². The molecule has 0 aliphatic heterocycles. The van der Waals surface area contributed by atoms with Gasteiger partial charge in [0.2, 0.25) is 0 Å². The first-order chi connectivity index (χ1) is 6.18. The summed E-state index contributed by atoms with van der Waals surface area (Å²) in [5.74, 6) is 0.426. The van der Waals surface area contributed by atoms with Crippen molar-refractivity contribution in [2.75, 3.05) is 11.9 Å². The van der Waals surface area contributed by atoms with Crippen LogP contribution in [0.25, 0.3) is 0 Å². The molecule has 1 rings (SSSR count). The smallest absolute Gasteiger partial charge is 0.322 e. The molecule has 2 amide bonds. The molecule has 0 atom stereocenters. The molecule has 0 saturated heterocycles. The first kappa shape index (κ1) is 9.57. The Bertz CT molecular complexity index is 256. The monoisotopic (exact) mass is 183 g/mol. The topological polar surface area (TPSA) is 67.2 Å². The summed E-state index contributed by atoms with van der Waals surface area (Å²) in [4.78, 5) is 14.8. The van der Waals surface area contributed by atoms with Crippen LogP contribution >= 0.6 is 0 Å². The maximum absolute atomic E-state index is 11.1. The molecule has 0 spiro atoms. The van der Waals surface area contributed by atoms with Crippen molar-refractivity contribution in [1.29, 1.82) is 0 Å². The van der Waals surface area contributed by atoms with E-state index < -0.39 is 0 Å². The lowest BCUT2D eigenvalue weighted by Gasteiger charge is -2.06. The summed E-state index contributed by atoms with van der Waals surface area (Å²) in [6.07, 6.45) is 2.87. The van der Waals surface area contributed by atoms with Crippen LogP contribution in [-0.2, 0) is 0 Å². The van der Waals surface area contributed by atoms with E-state index in [0.29, 0.717) is 12.5 Å². The van der Waals surface area contributed by atoms with Crippen molar-refractivity contribution in [3.8, 4) is 0 Å². The van der Waals surface area contributed by atoms with E-state index in [2.05, 4.69) is 15.6 Å². The van der Waals surface area contributed by atoms with Crippen LogP contribution in [0.4, 0.5) is 10.8 Å². The minimum Gasteiger partial charge on any atom is -0.432 e. The summed E-state index contributed by atoms with van der Waals surface area (Å²) in [6.45, 7) is 4.67. The number of carbonyl (C=O) groups is 1. The largest absolute Gasteiger partial charge is 0.432 e. The van der Waals surface area contributed by atoms with E-state index in [1.165, 1.54) is 12.5 Å². The Balaban J connectivity index is 2.26. The van der Waals surface area contributed by atoms with Gasteiger partial charge in [0.1, 0.15) is 6.26 Å². The highest BCUT2D eigenvalue weighted by atomic mass is 16.4. The standard InChI is InChI=1S/C8H13N3O2/c1-6(2)5-10-7(12)11-8-9-3-4-13-8/h3-4,6H,5H2,1-2H3,(H2,9,10,11,12). The Morgan fingerprint density at radius 1 is 1.69 bits per heavy atom. The van der Waals surface area contributed by atoms with Gasteiger partial charge in [0.05, 0.1) is 6.20 Å². The number of hydrogen-bond donors (Lipinski definition) is 2. The minimum atomic E-state index is -0.295. The number of carbonyl (C=O) groups excluding carboxylic acids is 1. The molecule has 0 aromatic carbocycles. The van der Waals surface area contributed by atoms with E-state index >= 15 is 0 Å². The quantitative estimate of drug-likeness (QED) is 0.745. The average Bonchev–Trinajstić information content (AvgIpc) is 2.53. The highest BCUT2D eigenvalue weighted by Gasteiger charge is 2.04. The molecular formula is C8H13N3O2. The zero-order valence-electron chi connectivity index (χ0n) is 7.70.